The highest BCUT2D eigenvalue weighted by atomic mass is 79.9. The van der Waals surface area contributed by atoms with Crippen molar-refractivity contribution in [3.8, 4) is 0 Å². The van der Waals surface area contributed by atoms with Gasteiger partial charge >= 0.3 is 0 Å². The van der Waals surface area contributed by atoms with E-state index in [1.54, 1.807) is 0 Å². The average molecular weight is 304 g/mol. The maximum atomic E-state index is 6.38. The fourth-order valence-electron chi connectivity index (χ4n) is 2.08. The fourth-order valence-corrected chi connectivity index (χ4v) is 2.46. The summed E-state index contributed by atoms with van der Waals surface area (Å²) in [7, 11) is 0. The molecule has 0 fully saturated rings. The van der Waals surface area contributed by atoms with Crippen LogP contribution in [-0.2, 0) is 0 Å². The van der Waals surface area contributed by atoms with Gasteiger partial charge in [0.05, 0.1) is 6.04 Å². The standard InChI is InChI=1S/C16H18BrN/c1-10-4-6-13(8-12(10)3)16(18)15-9-14(17)7-5-11(15)2/h4-9,16H,18H2,1-3H3. The van der Waals surface area contributed by atoms with Crippen LogP contribution in [0.1, 0.15) is 33.9 Å². The lowest BCUT2D eigenvalue weighted by molar-refractivity contribution is 0.858. The second kappa shape index (κ2) is 5.25. The molecule has 0 saturated heterocycles. The zero-order chi connectivity index (χ0) is 13.3. The predicted molar refractivity (Wildman–Crippen MR) is 80.8 cm³/mol. The van der Waals surface area contributed by atoms with Crippen molar-refractivity contribution in [1.82, 2.24) is 0 Å². The van der Waals surface area contributed by atoms with Crippen molar-refractivity contribution >= 4 is 15.9 Å². The zero-order valence-corrected chi connectivity index (χ0v) is 12.6. The Labute approximate surface area is 117 Å². The molecule has 94 valence electrons. The van der Waals surface area contributed by atoms with Gasteiger partial charge in [0.15, 0.2) is 0 Å². The van der Waals surface area contributed by atoms with Gasteiger partial charge in [0, 0.05) is 4.47 Å². The van der Waals surface area contributed by atoms with Gasteiger partial charge in [0.1, 0.15) is 0 Å². The summed E-state index contributed by atoms with van der Waals surface area (Å²) >= 11 is 3.51. The molecule has 0 aliphatic rings. The summed E-state index contributed by atoms with van der Waals surface area (Å²) < 4.78 is 1.07. The summed E-state index contributed by atoms with van der Waals surface area (Å²) in [6.45, 7) is 6.34. The summed E-state index contributed by atoms with van der Waals surface area (Å²) in [4.78, 5) is 0. The van der Waals surface area contributed by atoms with Crippen LogP contribution >= 0.6 is 15.9 Å². The first-order valence-electron chi connectivity index (χ1n) is 6.08. The number of rotatable bonds is 2. The third-order valence-electron chi connectivity index (χ3n) is 3.47. The van der Waals surface area contributed by atoms with Crippen molar-refractivity contribution in [3.05, 3.63) is 68.7 Å². The highest BCUT2D eigenvalue weighted by Gasteiger charge is 2.12. The first-order valence-corrected chi connectivity index (χ1v) is 6.87. The van der Waals surface area contributed by atoms with Crippen molar-refractivity contribution in [2.75, 3.05) is 0 Å². The van der Waals surface area contributed by atoms with E-state index in [1.165, 1.54) is 27.8 Å². The highest BCUT2D eigenvalue weighted by molar-refractivity contribution is 9.10. The molecule has 1 unspecified atom stereocenters. The maximum absolute atomic E-state index is 6.38. The average Bonchev–Trinajstić information content (AvgIpc) is 2.35. The lowest BCUT2D eigenvalue weighted by Crippen LogP contribution is -2.13. The van der Waals surface area contributed by atoms with E-state index in [-0.39, 0.29) is 6.04 Å². The molecule has 0 bridgehead atoms. The van der Waals surface area contributed by atoms with Gasteiger partial charge in [-0.2, -0.15) is 0 Å². The van der Waals surface area contributed by atoms with E-state index in [1.807, 2.05) is 6.07 Å². The largest absolute Gasteiger partial charge is 0.320 e. The minimum atomic E-state index is -0.0678. The first kappa shape index (κ1) is 13.3. The van der Waals surface area contributed by atoms with E-state index in [0.29, 0.717) is 0 Å². The van der Waals surface area contributed by atoms with Gasteiger partial charge in [0.2, 0.25) is 0 Å². The molecule has 1 atom stereocenters. The molecular weight excluding hydrogens is 286 g/mol. The molecule has 0 aliphatic heterocycles. The topological polar surface area (TPSA) is 26.0 Å². The van der Waals surface area contributed by atoms with Gasteiger partial charge < -0.3 is 5.73 Å². The van der Waals surface area contributed by atoms with Crippen LogP contribution in [0.15, 0.2) is 40.9 Å². The Balaban J connectivity index is 2.44. The summed E-state index contributed by atoms with van der Waals surface area (Å²) in [5.74, 6) is 0. The lowest BCUT2D eigenvalue weighted by atomic mass is 9.94. The van der Waals surface area contributed by atoms with Crippen LogP contribution in [-0.4, -0.2) is 0 Å². The Bertz CT molecular complexity index is 575. The third-order valence-corrected chi connectivity index (χ3v) is 3.96. The molecule has 2 rings (SSSR count). The lowest BCUT2D eigenvalue weighted by Gasteiger charge is -2.17. The van der Waals surface area contributed by atoms with E-state index in [0.717, 1.165) is 4.47 Å². The quantitative estimate of drug-likeness (QED) is 0.873. The second-order valence-electron chi connectivity index (χ2n) is 4.82. The molecule has 0 aromatic heterocycles. The Morgan fingerprint density at radius 1 is 0.889 bits per heavy atom. The number of nitrogens with two attached hydrogens (primary N) is 1. The van der Waals surface area contributed by atoms with Gasteiger partial charge in [-0.25, -0.2) is 0 Å². The monoisotopic (exact) mass is 303 g/mol. The first-order chi connectivity index (χ1) is 8.49. The van der Waals surface area contributed by atoms with Crippen molar-refractivity contribution < 1.29 is 0 Å². The van der Waals surface area contributed by atoms with E-state index in [2.05, 4.69) is 67.0 Å². The van der Waals surface area contributed by atoms with Crippen LogP contribution in [0.5, 0.6) is 0 Å². The molecule has 2 heteroatoms. The van der Waals surface area contributed by atoms with E-state index in [4.69, 9.17) is 5.73 Å². The SMILES string of the molecule is Cc1ccc(C(N)c2cc(Br)ccc2C)cc1C. The molecule has 1 nitrogen and oxygen atoms in total. The van der Waals surface area contributed by atoms with Gasteiger partial charge in [-0.1, -0.05) is 40.2 Å². The van der Waals surface area contributed by atoms with E-state index in [9.17, 15) is 0 Å². The zero-order valence-electron chi connectivity index (χ0n) is 11.0. The van der Waals surface area contributed by atoms with Crippen molar-refractivity contribution in [1.29, 1.82) is 0 Å². The molecule has 0 amide bonds. The van der Waals surface area contributed by atoms with Gasteiger partial charge in [-0.3, -0.25) is 0 Å². The Morgan fingerprint density at radius 2 is 1.56 bits per heavy atom. The maximum Gasteiger partial charge on any atom is 0.0554 e. The molecule has 2 N–H and O–H groups in total. The van der Waals surface area contributed by atoms with Gasteiger partial charge in [0.25, 0.3) is 0 Å². The summed E-state index contributed by atoms with van der Waals surface area (Å²) in [6.07, 6.45) is 0. The van der Waals surface area contributed by atoms with E-state index >= 15 is 0 Å². The smallest absolute Gasteiger partial charge is 0.0554 e. The molecule has 2 aromatic rings. The van der Waals surface area contributed by atoms with Gasteiger partial charge in [-0.15, -0.1) is 0 Å². The predicted octanol–water partition coefficient (Wildman–Crippen LogP) is 4.42. The molecule has 0 heterocycles. The van der Waals surface area contributed by atoms with Crippen LogP contribution in [0.4, 0.5) is 0 Å². The van der Waals surface area contributed by atoms with Crippen molar-refractivity contribution in [2.45, 2.75) is 26.8 Å². The number of halogens is 1. The molecular formula is C16H18BrN. The summed E-state index contributed by atoms with van der Waals surface area (Å²) in [6, 6.07) is 12.6. The Morgan fingerprint density at radius 3 is 2.22 bits per heavy atom. The number of hydrogen-bond donors (Lipinski definition) is 1. The van der Waals surface area contributed by atoms with Gasteiger partial charge in [-0.05, 0) is 60.7 Å². The molecule has 0 saturated carbocycles. The molecule has 0 aliphatic carbocycles. The minimum Gasteiger partial charge on any atom is -0.320 e. The molecule has 0 radical (unpaired) electrons. The molecule has 0 spiro atoms. The number of hydrogen-bond acceptors (Lipinski definition) is 1. The molecule has 18 heavy (non-hydrogen) atoms. The third kappa shape index (κ3) is 2.65. The number of aryl methyl sites for hydroxylation is 3. The highest BCUT2D eigenvalue weighted by Crippen LogP contribution is 2.26. The van der Waals surface area contributed by atoms with E-state index < -0.39 is 0 Å². The van der Waals surface area contributed by atoms with Crippen LogP contribution in [0.2, 0.25) is 0 Å². The minimum absolute atomic E-state index is 0.0678. The van der Waals surface area contributed by atoms with Crippen LogP contribution in [0.3, 0.4) is 0 Å². The second-order valence-corrected chi connectivity index (χ2v) is 5.74. The Hall–Kier alpha value is -1.12. The van der Waals surface area contributed by atoms with Crippen LogP contribution < -0.4 is 5.73 Å². The summed E-state index contributed by atoms with van der Waals surface area (Å²) in [5.41, 5.74) is 12.5. The van der Waals surface area contributed by atoms with Crippen molar-refractivity contribution in [2.24, 2.45) is 5.73 Å². The Kier molecular flexibility index (Phi) is 3.88. The molecule has 2 aromatic carbocycles. The van der Waals surface area contributed by atoms with Crippen LogP contribution in [0.25, 0.3) is 0 Å². The number of benzene rings is 2. The summed E-state index contributed by atoms with van der Waals surface area (Å²) in [5, 5.41) is 0. The fraction of sp³-hybridized carbons (Fsp3) is 0.250. The van der Waals surface area contributed by atoms with Crippen molar-refractivity contribution in [3.63, 3.8) is 0 Å². The normalized spacial score (nSPS) is 12.5. The van der Waals surface area contributed by atoms with Crippen LogP contribution in [0, 0.1) is 20.8 Å².